The molecule has 98 valence electrons. The van der Waals surface area contributed by atoms with E-state index in [2.05, 4.69) is 5.32 Å². The van der Waals surface area contributed by atoms with Crippen molar-refractivity contribution in [3.8, 4) is 0 Å². The van der Waals surface area contributed by atoms with Gasteiger partial charge in [0.25, 0.3) is 5.91 Å². The summed E-state index contributed by atoms with van der Waals surface area (Å²) in [5.41, 5.74) is 0.339. The van der Waals surface area contributed by atoms with Gasteiger partial charge in [-0.15, -0.1) is 0 Å². The van der Waals surface area contributed by atoms with Crippen LogP contribution in [-0.4, -0.2) is 17.2 Å². The maximum atomic E-state index is 12.0. The number of amides is 1. The van der Waals surface area contributed by atoms with Crippen molar-refractivity contribution in [2.45, 2.75) is 26.3 Å². The summed E-state index contributed by atoms with van der Waals surface area (Å²) >= 11 is 11.4. The number of carbonyl (C=O) groups is 2. The standard InChI is InChI=1S/C13H15Cl2NO2/c1-8(2)7-11(12(15)17)16-13(18)9-5-3-4-6-10(9)14/h3-6,8,11H,7H2,1-2H3,(H,16,18). The highest BCUT2D eigenvalue weighted by atomic mass is 35.5. The van der Waals surface area contributed by atoms with Crippen molar-refractivity contribution in [2.75, 3.05) is 0 Å². The molecule has 0 bridgehead atoms. The topological polar surface area (TPSA) is 46.2 Å². The van der Waals surface area contributed by atoms with E-state index in [0.717, 1.165) is 0 Å². The van der Waals surface area contributed by atoms with E-state index in [0.29, 0.717) is 17.0 Å². The lowest BCUT2D eigenvalue weighted by atomic mass is 10.0. The summed E-state index contributed by atoms with van der Waals surface area (Å²) < 4.78 is 0. The second-order valence-corrected chi connectivity index (χ2v) is 5.22. The minimum atomic E-state index is -0.685. The molecule has 3 nitrogen and oxygen atoms in total. The van der Waals surface area contributed by atoms with E-state index in [1.807, 2.05) is 13.8 Å². The number of hydrogen-bond acceptors (Lipinski definition) is 2. The van der Waals surface area contributed by atoms with Gasteiger partial charge in [0.2, 0.25) is 5.24 Å². The molecule has 18 heavy (non-hydrogen) atoms. The van der Waals surface area contributed by atoms with Gasteiger partial charge in [0.05, 0.1) is 10.6 Å². The van der Waals surface area contributed by atoms with Crippen LogP contribution in [-0.2, 0) is 4.79 Å². The molecule has 1 unspecified atom stereocenters. The Hall–Kier alpha value is -1.06. The van der Waals surface area contributed by atoms with E-state index in [1.54, 1.807) is 24.3 Å². The van der Waals surface area contributed by atoms with Crippen molar-refractivity contribution in [3.05, 3.63) is 34.9 Å². The molecule has 1 aromatic rings. The van der Waals surface area contributed by atoms with Crippen molar-refractivity contribution in [2.24, 2.45) is 5.92 Å². The predicted octanol–water partition coefficient (Wildman–Crippen LogP) is 3.25. The van der Waals surface area contributed by atoms with Gasteiger partial charge in [-0.1, -0.05) is 37.6 Å². The highest BCUT2D eigenvalue weighted by Gasteiger charge is 2.21. The fourth-order valence-electron chi connectivity index (χ4n) is 1.56. The fraction of sp³-hybridized carbons (Fsp3) is 0.385. The van der Waals surface area contributed by atoms with Crippen LogP contribution >= 0.6 is 23.2 Å². The van der Waals surface area contributed by atoms with E-state index in [9.17, 15) is 9.59 Å². The van der Waals surface area contributed by atoms with Gasteiger partial charge in [0.15, 0.2) is 0 Å². The van der Waals surface area contributed by atoms with E-state index in [4.69, 9.17) is 23.2 Å². The molecule has 0 aliphatic carbocycles. The molecule has 1 atom stereocenters. The minimum absolute atomic E-state index is 0.254. The molecule has 0 radical (unpaired) electrons. The third-order valence-electron chi connectivity index (χ3n) is 2.40. The van der Waals surface area contributed by atoms with Gasteiger partial charge >= 0.3 is 0 Å². The van der Waals surface area contributed by atoms with Crippen molar-refractivity contribution in [1.29, 1.82) is 0 Å². The molecule has 0 aromatic heterocycles. The van der Waals surface area contributed by atoms with Crippen molar-refractivity contribution < 1.29 is 9.59 Å². The molecular formula is C13H15Cl2NO2. The average molecular weight is 288 g/mol. The van der Waals surface area contributed by atoms with E-state index >= 15 is 0 Å². The Morgan fingerprint density at radius 2 is 1.89 bits per heavy atom. The van der Waals surface area contributed by atoms with E-state index in [-0.39, 0.29) is 11.8 Å². The fourth-order valence-corrected chi connectivity index (χ4v) is 1.93. The Balaban J connectivity index is 2.79. The van der Waals surface area contributed by atoms with Crippen LogP contribution in [0.5, 0.6) is 0 Å². The Kier molecular flexibility index (Phi) is 5.63. The first-order valence-corrected chi connectivity index (χ1v) is 6.42. The molecule has 0 aliphatic heterocycles. The lowest BCUT2D eigenvalue weighted by molar-refractivity contribution is -0.113. The van der Waals surface area contributed by atoms with Gasteiger partial charge in [-0.3, -0.25) is 9.59 Å². The van der Waals surface area contributed by atoms with Crippen LogP contribution in [0.2, 0.25) is 5.02 Å². The Morgan fingerprint density at radius 3 is 2.39 bits per heavy atom. The van der Waals surface area contributed by atoms with Crippen LogP contribution in [0.4, 0.5) is 0 Å². The third-order valence-corrected chi connectivity index (χ3v) is 3.00. The Bertz CT molecular complexity index is 446. The zero-order chi connectivity index (χ0) is 13.7. The second kappa shape index (κ2) is 6.76. The van der Waals surface area contributed by atoms with Gasteiger partial charge in [-0.25, -0.2) is 0 Å². The largest absolute Gasteiger partial charge is 0.341 e. The molecule has 0 saturated heterocycles. The summed E-state index contributed by atoms with van der Waals surface area (Å²) in [4.78, 5) is 23.2. The lowest BCUT2D eigenvalue weighted by Crippen LogP contribution is -2.39. The summed E-state index contributed by atoms with van der Waals surface area (Å²) in [6.45, 7) is 3.91. The predicted molar refractivity (Wildman–Crippen MR) is 73.0 cm³/mol. The molecular weight excluding hydrogens is 273 g/mol. The molecule has 0 heterocycles. The number of hydrogen-bond donors (Lipinski definition) is 1. The Morgan fingerprint density at radius 1 is 1.28 bits per heavy atom. The van der Waals surface area contributed by atoms with Gasteiger partial charge in [0.1, 0.15) is 6.04 Å². The smallest absolute Gasteiger partial charge is 0.253 e. The van der Waals surface area contributed by atoms with Crippen LogP contribution in [0.3, 0.4) is 0 Å². The highest BCUT2D eigenvalue weighted by molar-refractivity contribution is 6.64. The highest BCUT2D eigenvalue weighted by Crippen LogP contribution is 2.16. The SMILES string of the molecule is CC(C)CC(NC(=O)c1ccccc1Cl)C(=O)Cl. The molecule has 1 N–H and O–H groups in total. The normalized spacial score (nSPS) is 12.3. The van der Waals surface area contributed by atoms with E-state index < -0.39 is 11.3 Å². The van der Waals surface area contributed by atoms with Crippen molar-refractivity contribution >= 4 is 34.4 Å². The molecule has 0 fully saturated rings. The zero-order valence-electron chi connectivity index (χ0n) is 10.2. The first kappa shape index (κ1) is 15.0. The molecule has 1 amide bonds. The van der Waals surface area contributed by atoms with Crippen LogP contribution < -0.4 is 5.32 Å². The molecule has 1 aromatic carbocycles. The Labute approximate surface area is 116 Å². The van der Waals surface area contributed by atoms with Gasteiger partial charge < -0.3 is 5.32 Å². The van der Waals surface area contributed by atoms with Crippen LogP contribution in [0.1, 0.15) is 30.6 Å². The molecule has 0 aliphatic rings. The summed E-state index contributed by atoms with van der Waals surface area (Å²) in [6.07, 6.45) is 0.499. The third kappa shape index (κ3) is 4.31. The van der Waals surface area contributed by atoms with E-state index in [1.165, 1.54) is 0 Å². The number of halogens is 2. The number of carbonyl (C=O) groups excluding carboxylic acids is 2. The number of rotatable bonds is 5. The summed E-state index contributed by atoms with van der Waals surface area (Å²) in [5.74, 6) is -0.135. The first-order valence-electron chi connectivity index (χ1n) is 5.66. The molecule has 1 rings (SSSR count). The van der Waals surface area contributed by atoms with Crippen LogP contribution in [0.15, 0.2) is 24.3 Å². The molecule has 5 heteroatoms. The first-order chi connectivity index (χ1) is 8.41. The van der Waals surface area contributed by atoms with Crippen molar-refractivity contribution in [1.82, 2.24) is 5.32 Å². The maximum Gasteiger partial charge on any atom is 0.253 e. The number of benzene rings is 1. The quantitative estimate of drug-likeness (QED) is 0.845. The molecule has 0 spiro atoms. The lowest BCUT2D eigenvalue weighted by Gasteiger charge is -2.17. The second-order valence-electron chi connectivity index (χ2n) is 4.44. The van der Waals surface area contributed by atoms with Crippen LogP contribution in [0.25, 0.3) is 0 Å². The van der Waals surface area contributed by atoms with Gasteiger partial charge in [-0.2, -0.15) is 0 Å². The zero-order valence-corrected chi connectivity index (χ0v) is 11.8. The maximum absolute atomic E-state index is 12.0. The summed E-state index contributed by atoms with van der Waals surface area (Å²) in [6, 6.07) is 5.98. The van der Waals surface area contributed by atoms with Gasteiger partial charge in [-0.05, 0) is 36.1 Å². The number of nitrogens with one attached hydrogen (secondary N) is 1. The summed E-state index contributed by atoms with van der Waals surface area (Å²) in [5, 5.41) is 2.38. The molecule has 0 saturated carbocycles. The van der Waals surface area contributed by atoms with Crippen molar-refractivity contribution in [3.63, 3.8) is 0 Å². The van der Waals surface area contributed by atoms with Gasteiger partial charge in [0, 0.05) is 0 Å². The minimum Gasteiger partial charge on any atom is -0.341 e. The average Bonchev–Trinajstić information content (AvgIpc) is 2.27. The van der Waals surface area contributed by atoms with Crippen LogP contribution in [0, 0.1) is 5.92 Å². The monoisotopic (exact) mass is 287 g/mol. The summed E-state index contributed by atoms with van der Waals surface area (Å²) in [7, 11) is 0.